The van der Waals surface area contributed by atoms with Gasteiger partial charge < -0.3 is 4.90 Å². The third kappa shape index (κ3) is 3.47. The molecule has 0 radical (unpaired) electrons. The maximum Gasteiger partial charge on any atom is 0.0534 e. The fourth-order valence-electron chi connectivity index (χ4n) is 1.20. The molecule has 0 fully saturated rings. The quantitative estimate of drug-likeness (QED) is 0.401. The maximum absolute atomic E-state index is 8.10. The largest absolute Gasteiger partial charge is 0.302 e. The van der Waals surface area contributed by atoms with Crippen molar-refractivity contribution in [1.29, 1.82) is 0 Å². The van der Waals surface area contributed by atoms with E-state index in [4.69, 9.17) is 5.53 Å². The maximum atomic E-state index is 8.10. The first-order valence-corrected chi connectivity index (χ1v) is 4.39. The summed E-state index contributed by atoms with van der Waals surface area (Å²) in [6.07, 6.45) is 3.81. The summed E-state index contributed by atoms with van der Waals surface area (Å²) >= 11 is 0. The number of hydrogen-bond acceptors (Lipinski definition) is 3. The fraction of sp³-hybridized carbons (Fsp3) is 0.625. The molecule has 0 unspecified atom stereocenters. The summed E-state index contributed by atoms with van der Waals surface area (Å²) in [4.78, 5) is 4.79. The number of rotatable bonds is 5. The molecular weight excluding hydrogens is 180 g/mol. The van der Waals surface area contributed by atoms with Gasteiger partial charge in [0.15, 0.2) is 0 Å². The summed E-state index contributed by atoms with van der Waals surface area (Å²) in [6, 6.07) is 0. The van der Waals surface area contributed by atoms with Gasteiger partial charge in [-0.3, -0.25) is 4.68 Å². The highest BCUT2D eigenvalue weighted by Gasteiger charge is 2.00. The highest BCUT2D eigenvalue weighted by molar-refractivity contribution is 5.02. The standard InChI is InChI=1S/C8H14N6/c1-13(4-3-10-12-9)6-8-5-11-14(2)7-8/h5,7H,3-4,6H2,1-2H3. The van der Waals surface area contributed by atoms with Gasteiger partial charge in [-0.25, -0.2) is 0 Å². The van der Waals surface area contributed by atoms with E-state index in [2.05, 4.69) is 20.0 Å². The average molecular weight is 194 g/mol. The van der Waals surface area contributed by atoms with Crippen molar-refractivity contribution in [3.8, 4) is 0 Å². The molecule has 14 heavy (non-hydrogen) atoms. The second-order valence-electron chi connectivity index (χ2n) is 3.21. The van der Waals surface area contributed by atoms with E-state index in [1.54, 1.807) is 4.68 Å². The van der Waals surface area contributed by atoms with Crippen molar-refractivity contribution in [1.82, 2.24) is 14.7 Å². The molecule has 6 nitrogen and oxygen atoms in total. The van der Waals surface area contributed by atoms with Gasteiger partial charge in [-0.2, -0.15) is 5.10 Å². The van der Waals surface area contributed by atoms with Gasteiger partial charge in [-0.15, -0.1) is 0 Å². The molecule has 0 bridgehead atoms. The monoisotopic (exact) mass is 194 g/mol. The summed E-state index contributed by atoms with van der Waals surface area (Å²) in [7, 11) is 3.88. The van der Waals surface area contributed by atoms with Gasteiger partial charge >= 0.3 is 0 Å². The van der Waals surface area contributed by atoms with Gasteiger partial charge in [0.1, 0.15) is 0 Å². The Balaban J connectivity index is 2.33. The minimum atomic E-state index is 0.507. The molecular formula is C8H14N6. The van der Waals surface area contributed by atoms with Crippen molar-refractivity contribution in [3.63, 3.8) is 0 Å². The number of hydrogen-bond donors (Lipinski definition) is 0. The molecule has 0 aliphatic heterocycles. The number of aryl methyl sites for hydroxylation is 1. The van der Waals surface area contributed by atoms with E-state index in [0.29, 0.717) is 6.54 Å². The van der Waals surface area contributed by atoms with E-state index >= 15 is 0 Å². The minimum Gasteiger partial charge on any atom is -0.302 e. The first-order valence-electron chi connectivity index (χ1n) is 4.39. The highest BCUT2D eigenvalue weighted by Crippen LogP contribution is 2.00. The molecule has 0 aliphatic carbocycles. The lowest BCUT2D eigenvalue weighted by Crippen LogP contribution is -2.20. The first-order chi connectivity index (χ1) is 6.72. The molecule has 1 aromatic heterocycles. The van der Waals surface area contributed by atoms with Crippen molar-refractivity contribution in [3.05, 3.63) is 28.4 Å². The van der Waals surface area contributed by atoms with Crippen LogP contribution in [-0.2, 0) is 13.6 Å². The Morgan fingerprint density at radius 1 is 1.71 bits per heavy atom. The van der Waals surface area contributed by atoms with Crippen LogP contribution in [0.1, 0.15) is 5.56 Å². The molecule has 0 saturated heterocycles. The molecule has 0 atom stereocenters. The van der Waals surface area contributed by atoms with Crippen LogP contribution in [-0.4, -0.2) is 34.8 Å². The molecule has 0 aliphatic rings. The molecule has 1 rings (SSSR count). The second kappa shape index (κ2) is 5.26. The van der Waals surface area contributed by atoms with Crippen LogP contribution in [0.15, 0.2) is 17.5 Å². The second-order valence-corrected chi connectivity index (χ2v) is 3.21. The number of nitrogens with zero attached hydrogens (tertiary/aromatic N) is 6. The van der Waals surface area contributed by atoms with Crippen molar-refractivity contribution in [2.24, 2.45) is 12.2 Å². The van der Waals surface area contributed by atoms with Crippen LogP contribution in [0.4, 0.5) is 0 Å². The van der Waals surface area contributed by atoms with Crippen molar-refractivity contribution >= 4 is 0 Å². The van der Waals surface area contributed by atoms with Crippen LogP contribution in [0.5, 0.6) is 0 Å². The molecule has 0 saturated carbocycles. The van der Waals surface area contributed by atoms with Gasteiger partial charge in [0.2, 0.25) is 0 Å². The number of aromatic nitrogens is 2. The van der Waals surface area contributed by atoms with Crippen LogP contribution in [0, 0.1) is 0 Å². The van der Waals surface area contributed by atoms with Crippen LogP contribution < -0.4 is 0 Å². The predicted octanol–water partition coefficient (Wildman–Crippen LogP) is 1.16. The van der Waals surface area contributed by atoms with E-state index in [0.717, 1.165) is 18.7 Å². The third-order valence-electron chi connectivity index (χ3n) is 1.86. The van der Waals surface area contributed by atoms with Crippen LogP contribution in [0.2, 0.25) is 0 Å². The Labute approximate surface area is 82.8 Å². The molecule has 1 aromatic rings. The zero-order chi connectivity index (χ0) is 10.4. The van der Waals surface area contributed by atoms with Crippen molar-refractivity contribution < 1.29 is 0 Å². The van der Waals surface area contributed by atoms with Gasteiger partial charge in [0.05, 0.1) is 6.20 Å². The Bertz CT molecular complexity index is 324. The van der Waals surface area contributed by atoms with Gasteiger partial charge in [-0.1, -0.05) is 5.11 Å². The lowest BCUT2D eigenvalue weighted by Gasteiger charge is -2.13. The highest BCUT2D eigenvalue weighted by atomic mass is 15.2. The molecule has 76 valence electrons. The number of azide groups is 1. The predicted molar refractivity (Wildman–Crippen MR) is 53.6 cm³/mol. The molecule has 0 spiro atoms. The Morgan fingerprint density at radius 2 is 2.50 bits per heavy atom. The Kier molecular flexibility index (Phi) is 3.97. The minimum absolute atomic E-state index is 0.507. The van der Waals surface area contributed by atoms with E-state index in [1.165, 1.54) is 0 Å². The smallest absolute Gasteiger partial charge is 0.0534 e. The fourth-order valence-corrected chi connectivity index (χ4v) is 1.20. The summed E-state index contributed by atoms with van der Waals surface area (Å²) in [5.74, 6) is 0. The van der Waals surface area contributed by atoms with E-state index < -0.39 is 0 Å². The van der Waals surface area contributed by atoms with Crippen molar-refractivity contribution in [2.75, 3.05) is 20.1 Å². The van der Waals surface area contributed by atoms with Gasteiger partial charge in [0.25, 0.3) is 0 Å². The summed E-state index contributed by atoms with van der Waals surface area (Å²) < 4.78 is 1.77. The van der Waals surface area contributed by atoms with Crippen LogP contribution in [0.3, 0.4) is 0 Å². The molecule has 0 amide bonds. The lowest BCUT2D eigenvalue weighted by atomic mass is 10.3. The van der Waals surface area contributed by atoms with Gasteiger partial charge in [-0.05, 0) is 12.6 Å². The first kappa shape index (κ1) is 10.6. The zero-order valence-corrected chi connectivity index (χ0v) is 8.46. The zero-order valence-electron chi connectivity index (χ0n) is 8.46. The molecule has 1 heterocycles. The van der Waals surface area contributed by atoms with E-state index in [9.17, 15) is 0 Å². The summed E-state index contributed by atoms with van der Waals surface area (Å²) in [5, 5.41) is 7.55. The third-order valence-corrected chi connectivity index (χ3v) is 1.86. The molecule has 6 heteroatoms. The SMILES string of the molecule is CN(CCN=[N+]=[N-])Cc1cnn(C)c1. The lowest BCUT2D eigenvalue weighted by molar-refractivity contribution is 0.336. The topological polar surface area (TPSA) is 69.8 Å². The van der Waals surface area contributed by atoms with E-state index in [-0.39, 0.29) is 0 Å². The van der Waals surface area contributed by atoms with Crippen LogP contribution >= 0.6 is 0 Å². The normalized spacial score (nSPS) is 10.2. The summed E-state index contributed by atoms with van der Waals surface area (Å²) in [5.41, 5.74) is 9.26. The number of likely N-dealkylation sites (N-methyl/N-ethyl adjacent to an activating group) is 1. The Morgan fingerprint density at radius 3 is 3.07 bits per heavy atom. The molecule has 0 aromatic carbocycles. The van der Waals surface area contributed by atoms with Gasteiger partial charge in [0, 0.05) is 43.4 Å². The Hall–Kier alpha value is -1.52. The average Bonchev–Trinajstić information content (AvgIpc) is 2.52. The summed E-state index contributed by atoms with van der Waals surface area (Å²) in [6.45, 7) is 2.10. The van der Waals surface area contributed by atoms with Crippen LogP contribution in [0.25, 0.3) is 10.4 Å². The van der Waals surface area contributed by atoms with Crippen molar-refractivity contribution in [2.45, 2.75) is 6.54 Å². The van der Waals surface area contributed by atoms with E-state index in [1.807, 2.05) is 26.5 Å². The molecule has 0 N–H and O–H groups in total.